The number of para-hydroxylation sites is 1. The third-order valence-corrected chi connectivity index (χ3v) is 5.95. The highest BCUT2D eigenvalue weighted by molar-refractivity contribution is 7.12. The molecular formula is C21H16F2N2O2S. The lowest BCUT2D eigenvalue weighted by Gasteiger charge is -2.38. The fourth-order valence-corrected chi connectivity index (χ4v) is 4.44. The van der Waals surface area contributed by atoms with Crippen molar-refractivity contribution in [2.24, 2.45) is 5.10 Å². The Bertz CT molecular complexity index is 1070. The number of thiophene rings is 1. The van der Waals surface area contributed by atoms with E-state index >= 15 is 0 Å². The van der Waals surface area contributed by atoms with Gasteiger partial charge in [-0.1, -0.05) is 24.3 Å². The normalized spacial score (nSPS) is 20.2. The number of benzene rings is 2. The number of fused-ring (bicyclic) bond motifs is 3. The van der Waals surface area contributed by atoms with Crippen molar-refractivity contribution in [2.75, 3.05) is 7.11 Å². The molecule has 142 valence electrons. The summed E-state index contributed by atoms with van der Waals surface area (Å²) < 4.78 is 39.1. The van der Waals surface area contributed by atoms with Gasteiger partial charge in [0.05, 0.1) is 23.7 Å². The van der Waals surface area contributed by atoms with Crippen LogP contribution in [0.2, 0.25) is 0 Å². The van der Waals surface area contributed by atoms with Gasteiger partial charge in [0, 0.05) is 17.5 Å². The van der Waals surface area contributed by atoms with Crippen LogP contribution < -0.4 is 9.47 Å². The first kappa shape index (κ1) is 17.2. The monoisotopic (exact) mass is 398 g/mol. The molecule has 2 aromatic carbocycles. The molecule has 3 aromatic rings. The molecular weight excluding hydrogens is 382 g/mol. The maximum absolute atomic E-state index is 13.9. The Labute approximate surface area is 164 Å². The number of methoxy groups -OCH3 is 1. The predicted molar refractivity (Wildman–Crippen MR) is 103 cm³/mol. The number of ether oxygens (including phenoxy) is 2. The molecule has 0 saturated heterocycles. The highest BCUT2D eigenvalue weighted by Crippen LogP contribution is 2.50. The fraction of sp³-hybridized carbons (Fsp3) is 0.190. The van der Waals surface area contributed by atoms with Crippen molar-refractivity contribution in [3.63, 3.8) is 0 Å². The molecule has 0 N–H and O–H groups in total. The minimum Gasteiger partial charge on any atom is -0.493 e. The second kappa shape index (κ2) is 6.60. The van der Waals surface area contributed by atoms with Gasteiger partial charge in [-0.05, 0) is 29.6 Å². The maximum Gasteiger partial charge on any atom is 0.214 e. The van der Waals surface area contributed by atoms with E-state index in [4.69, 9.17) is 14.6 Å². The van der Waals surface area contributed by atoms with Crippen LogP contribution in [0.5, 0.6) is 11.5 Å². The summed E-state index contributed by atoms with van der Waals surface area (Å²) in [6.07, 6.45) is 0.0193. The van der Waals surface area contributed by atoms with Gasteiger partial charge in [0.1, 0.15) is 0 Å². The molecule has 2 aliphatic rings. The Hall–Kier alpha value is -2.93. The average molecular weight is 398 g/mol. The molecule has 0 spiro atoms. The molecule has 0 saturated carbocycles. The van der Waals surface area contributed by atoms with Crippen LogP contribution in [0.1, 0.15) is 34.7 Å². The van der Waals surface area contributed by atoms with E-state index in [0.717, 1.165) is 28.3 Å². The van der Waals surface area contributed by atoms with Crippen molar-refractivity contribution >= 4 is 17.0 Å². The summed E-state index contributed by atoms with van der Waals surface area (Å²) in [6, 6.07) is 13.5. The van der Waals surface area contributed by atoms with Gasteiger partial charge in [0.15, 0.2) is 23.1 Å². The molecule has 0 bridgehead atoms. The number of hydrogen-bond acceptors (Lipinski definition) is 5. The van der Waals surface area contributed by atoms with Crippen molar-refractivity contribution < 1.29 is 18.3 Å². The number of hydrazone groups is 1. The lowest BCUT2D eigenvalue weighted by atomic mass is 9.97. The lowest BCUT2D eigenvalue weighted by Crippen LogP contribution is -2.34. The minimum atomic E-state index is -0.912. The number of rotatable bonds is 3. The zero-order chi connectivity index (χ0) is 19.3. The first-order valence-corrected chi connectivity index (χ1v) is 9.72. The van der Waals surface area contributed by atoms with Crippen LogP contribution in [0.25, 0.3) is 0 Å². The Morgan fingerprint density at radius 2 is 2.04 bits per heavy atom. The molecule has 0 fully saturated rings. The van der Waals surface area contributed by atoms with Gasteiger partial charge in [-0.15, -0.1) is 11.3 Å². The largest absolute Gasteiger partial charge is 0.493 e. The SMILES string of the molecule is COc1cccc2c1O[C@@H](c1ccc(F)c(F)c1)N1N=C(c3cccs3)C[C@H]21. The third kappa shape index (κ3) is 2.65. The van der Waals surface area contributed by atoms with E-state index in [0.29, 0.717) is 23.5 Å². The number of halogens is 2. The van der Waals surface area contributed by atoms with Gasteiger partial charge in [0.25, 0.3) is 0 Å². The maximum atomic E-state index is 13.9. The van der Waals surface area contributed by atoms with Crippen molar-refractivity contribution in [3.8, 4) is 11.5 Å². The average Bonchev–Trinajstić information content (AvgIpc) is 3.38. The molecule has 2 aliphatic heterocycles. The van der Waals surface area contributed by atoms with E-state index in [1.165, 1.54) is 6.07 Å². The predicted octanol–water partition coefficient (Wildman–Crippen LogP) is 5.28. The van der Waals surface area contributed by atoms with Gasteiger partial charge < -0.3 is 9.47 Å². The van der Waals surface area contributed by atoms with Gasteiger partial charge in [-0.3, -0.25) is 0 Å². The summed E-state index contributed by atoms with van der Waals surface area (Å²) in [5.41, 5.74) is 2.41. The smallest absolute Gasteiger partial charge is 0.214 e. The summed E-state index contributed by atoms with van der Waals surface area (Å²) in [5.74, 6) is -0.582. The zero-order valence-corrected chi connectivity index (χ0v) is 15.7. The summed E-state index contributed by atoms with van der Waals surface area (Å²) in [7, 11) is 1.58. The van der Waals surface area contributed by atoms with Crippen molar-refractivity contribution in [1.82, 2.24) is 5.01 Å². The molecule has 0 unspecified atom stereocenters. The highest BCUT2D eigenvalue weighted by Gasteiger charge is 2.42. The Morgan fingerprint density at radius 3 is 2.79 bits per heavy atom. The molecule has 7 heteroatoms. The van der Waals surface area contributed by atoms with Crippen molar-refractivity contribution in [2.45, 2.75) is 18.7 Å². The Kier molecular flexibility index (Phi) is 4.05. The number of nitrogens with zero attached hydrogens (tertiary/aromatic N) is 2. The molecule has 0 radical (unpaired) electrons. The van der Waals surface area contributed by atoms with Gasteiger partial charge in [-0.25, -0.2) is 13.8 Å². The summed E-state index contributed by atoms with van der Waals surface area (Å²) >= 11 is 1.62. The molecule has 3 heterocycles. The summed E-state index contributed by atoms with van der Waals surface area (Å²) in [4.78, 5) is 1.09. The number of hydrogen-bond donors (Lipinski definition) is 0. The molecule has 0 aliphatic carbocycles. The van der Waals surface area contributed by atoms with Gasteiger partial charge in [0.2, 0.25) is 6.23 Å². The van der Waals surface area contributed by atoms with Crippen LogP contribution in [-0.4, -0.2) is 17.8 Å². The van der Waals surface area contributed by atoms with Gasteiger partial charge in [-0.2, -0.15) is 5.10 Å². The van der Waals surface area contributed by atoms with Crippen molar-refractivity contribution in [1.29, 1.82) is 0 Å². The van der Waals surface area contributed by atoms with Crippen LogP contribution in [0.15, 0.2) is 59.0 Å². The second-order valence-electron chi connectivity index (χ2n) is 6.65. The molecule has 1 aromatic heterocycles. The fourth-order valence-electron chi connectivity index (χ4n) is 3.72. The third-order valence-electron chi connectivity index (χ3n) is 5.03. The van der Waals surface area contributed by atoms with Crippen LogP contribution in [0, 0.1) is 11.6 Å². The summed E-state index contributed by atoms with van der Waals surface area (Å²) in [6.45, 7) is 0. The molecule has 5 rings (SSSR count). The van der Waals surface area contributed by atoms with Crippen LogP contribution in [0.3, 0.4) is 0 Å². The van der Waals surface area contributed by atoms with Crippen LogP contribution >= 0.6 is 11.3 Å². The topological polar surface area (TPSA) is 34.1 Å². The Balaban J connectivity index is 1.64. The molecule has 0 amide bonds. The lowest BCUT2D eigenvalue weighted by molar-refractivity contribution is -0.0211. The van der Waals surface area contributed by atoms with Crippen LogP contribution in [0.4, 0.5) is 8.78 Å². The standard InChI is InChI=1S/C21H16F2N2O2S/c1-26-18-5-2-4-13-17-11-16(19-6-3-9-28-19)24-25(17)21(27-20(13)18)12-7-8-14(22)15(23)10-12/h2-10,17,21H,11H2,1H3/t17-,21+/m1/s1. The van der Waals surface area contributed by atoms with Gasteiger partial charge >= 0.3 is 0 Å². The van der Waals surface area contributed by atoms with E-state index in [-0.39, 0.29) is 6.04 Å². The minimum absolute atomic E-state index is 0.0749. The summed E-state index contributed by atoms with van der Waals surface area (Å²) in [5, 5.41) is 8.64. The second-order valence-corrected chi connectivity index (χ2v) is 7.59. The van der Waals surface area contributed by atoms with E-state index in [1.807, 2.05) is 40.7 Å². The van der Waals surface area contributed by atoms with E-state index in [9.17, 15) is 8.78 Å². The van der Waals surface area contributed by atoms with E-state index in [2.05, 4.69) is 0 Å². The zero-order valence-electron chi connectivity index (χ0n) is 14.9. The van der Waals surface area contributed by atoms with E-state index in [1.54, 1.807) is 18.4 Å². The first-order valence-electron chi connectivity index (χ1n) is 8.84. The Morgan fingerprint density at radius 1 is 1.14 bits per heavy atom. The molecule has 28 heavy (non-hydrogen) atoms. The van der Waals surface area contributed by atoms with E-state index < -0.39 is 17.9 Å². The van der Waals surface area contributed by atoms with Crippen LogP contribution in [-0.2, 0) is 0 Å². The highest BCUT2D eigenvalue weighted by atomic mass is 32.1. The molecule has 4 nitrogen and oxygen atoms in total. The first-order chi connectivity index (χ1) is 13.7. The van der Waals surface area contributed by atoms with Crippen molar-refractivity contribution in [3.05, 3.63) is 81.5 Å². The molecule has 2 atom stereocenters. The quantitative estimate of drug-likeness (QED) is 0.602.